The van der Waals surface area contributed by atoms with Crippen LogP contribution in [0, 0.1) is 93.6 Å². The van der Waals surface area contributed by atoms with Crippen LogP contribution in [0.4, 0.5) is 34.1 Å². The molecule has 6 N–H and O–H groups in total. The molecule has 0 bridgehead atoms. The second-order valence-electron chi connectivity index (χ2n) is 34.6. The van der Waals surface area contributed by atoms with Gasteiger partial charge in [-0.1, -0.05) is 244 Å². The van der Waals surface area contributed by atoms with Gasteiger partial charge in [0.25, 0.3) is 0 Å². The number of halogens is 3. The van der Waals surface area contributed by atoms with Gasteiger partial charge in [-0.05, 0) is 279 Å². The molecule has 0 aromatic heterocycles. The number of nitrogens with zero attached hydrogens (tertiary/aromatic N) is 6. The third kappa shape index (κ3) is 34.7. The molecule has 0 spiro atoms. The Morgan fingerprint density at radius 2 is 0.528 bits per heavy atom. The number of amides is 6. The highest BCUT2D eigenvalue weighted by atomic mass is 127. The first-order chi connectivity index (χ1) is 67.1. The number of anilines is 6. The highest BCUT2D eigenvalue weighted by Gasteiger charge is 2.28. The third-order valence-corrected chi connectivity index (χ3v) is 24.4. The Balaban J connectivity index is 0.000000231. The predicted molar refractivity (Wildman–Crippen MR) is 576 cm³/mol. The smallest absolute Gasteiger partial charge is 0.250 e. The van der Waals surface area contributed by atoms with Gasteiger partial charge in [0.1, 0.15) is 74.1 Å². The molecule has 0 radical (unpaired) electrons. The Morgan fingerprint density at radius 3 is 0.817 bits per heavy atom. The van der Waals surface area contributed by atoms with Crippen LogP contribution >= 0.6 is 50.1 Å². The second kappa shape index (κ2) is 57.0. The Labute approximate surface area is 864 Å². The van der Waals surface area contributed by atoms with Crippen LogP contribution in [0.15, 0.2) is 223 Å². The number of carbonyl (C=O) groups excluding carboxylic acids is 6. The number of rotatable bonds is 32. The van der Waals surface area contributed by atoms with E-state index in [-0.39, 0.29) is 109 Å². The average molecular weight is 2130 g/mol. The lowest BCUT2D eigenvalue weighted by atomic mass is 10.1. The molecule has 12 aromatic rings. The number of carbonyl (C=O) groups is 6. The lowest BCUT2D eigenvalue weighted by molar-refractivity contribution is -0.124. The van der Waals surface area contributed by atoms with Crippen LogP contribution in [0.1, 0.15) is 230 Å². The van der Waals surface area contributed by atoms with Crippen LogP contribution < -0.4 is 58.8 Å². The first-order valence-electron chi connectivity index (χ1n) is 47.1. The molecule has 142 heavy (non-hydrogen) atoms. The van der Waals surface area contributed by atoms with E-state index < -0.39 is 5.91 Å². The number of ether oxygens (including phenoxy) is 6. The van der Waals surface area contributed by atoms with Gasteiger partial charge in [0.05, 0.1) is 34.1 Å². The summed E-state index contributed by atoms with van der Waals surface area (Å²) in [5.74, 6) is 3.21. The molecule has 0 atom stereocenters. The summed E-state index contributed by atoms with van der Waals surface area (Å²) >= 11 is 11.5. The van der Waals surface area contributed by atoms with Crippen molar-refractivity contribution < 1.29 is 88.4 Å². The van der Waals surface area contributed by atoms with E-state index in [9.17, 15) is 60.0 Å². The van der Waals surface area contributed by atoms with Gasteiger partial charge in [0.15, 0.2) is 0 Å². The molecule has 12 aromatic carbocycles. The van der Waals surface area contributed by atoms with Crippen molar-refractivity contribution in [1.29, 1.82) is 0 Å². The number of hydroxylamine groups is 6. The molecule has 27 heteroatoms. The molecule has 0 heterocycles. The van der Waals surface area contributed by atoms with E-state index in [2.05, 4.69) is 74.9 Å². The van der Waals surface area contributed by atoms with E-state index in [1.807, 2.05) is 243 Å². The van der Waals surface area contributed by atoms with Crippen LogP contribution in [-0.2, 0) is 74.8 Å². The molecular weight excluding hydrogens is 2000 g/mol. The maximum Gasteiger partial charge on any atom is 0.250 e. The van der Waals surface area contributed by atoms with E-state index >= 15 is 0 Å². The summed E-state index contributed by atoms with van der Waals surface area (Å²) in [4.78, 5) is 70.9. The summed E-state index contributed by atoms with van der Waals surface area (Å²) in [5.41, 5.74) is 23.8. The second-order valence-corrected chi connectivity index (χ2v) is 37.2. The largest absolute Gasteiger partial charge is 0.489 e. The minimum absolute atomic E-state index is 0. The molecule has 1 fully saturated rings. The van der Waals surface area contributed by atoms with E-state index in [0.29, 0.717) is 77.5 Å². The maximum absolute atomic E-state index is 12.0. The Hall–Kier alpha value is -12.5. The predicted octanol–water partition coefficient (Wildman–Crippen LogP) is 28.5. The van der Waals surface area contributed by atoms with Gasteiger partial charge in [0.2, 0.25) is 35.4 Å². The van der Waals surface area contributed by atoms with Crippen molar-refractivity contribution in [3.63, 3.8) is 0 Å². The molecule has 6 amide bonds. The summed E-state index contributed by atoms with van der Waals surface area (Å²) in [7, 11) is 0. The molecule has 756 valence electrons. The van der Waals surface area contributed by atoms with Crippen LogP contribution in [0.2, 0.25) is 5.02 Å². The zero-order valence-corrected chi connectivity index (χ0v) is 88.9. The number of hydrogen-bond acceptors (Lipinski definition) is 18. The van der Waals surface area contributed by atoms with Crippen molar-refractivity contribution in [3.05, 3.63) is 348 Å². The SMILES string of the molecule is C.CCC(=O)N(O)c1cc(Br)ccc1COc1ccc(C)cc1C.CCC(=O)N(O)c1cc(C)ccc1COc1ccc(C)cc1C.CCC(=O)N(O)c1cc(C2CC2)ccc1COc1ccc(C)cc1C.CCC(=O)N(O)c1cc(CC)ccc1COc1ccc(C)cc1C.CCC(=O)N(O)c1cc(Cl)ccc1COc1ccc(C)cc1C.CCC(=O)N(O)c1cc(I)ccc1COc1ccc(C)cc1C. The van der Waals surface area contributed by atoms with Crippen molar-refractivity contribution in [2.45, 2.75) is 249 Å². The van der Waals surface area contributed by atoms with E-state index in [4.69, 9.17) is 40.0 Å². The fourth-order valence-corrected chi connectivity index (χ4v) is 15.7. The molecule has 1 aliphatic carbocycles. The summed E-state index contributed by atoms with van der Waals surface area (Å²) in [6, 6.07) is 69.2. The van der Waals surface area contributed by atoms with Gasteiger partial charge in [-0.15, -0.1) is 0 Å². The summed E-state index contributed by atoms with van der Waals surface area (Å²) in [6.07, 6.45) is 4.56. The van der Waals surface area contributed by atoms with Crippen molar-refractivity contribution in [3.8, 4) is 34.5 Å². The highest BCUT2D eigenvalue weighted by molar-refractivity contribution is 14.1. The molecule has 1 aliphatic rings. The topological polar surface area (TPSA) is 299 Å². The first kappa shape index (κ1) is 116. The van der Waals surface area contributed by atoms with Crippen molar-refractivity contribution in [2.24, 2.45) is 0 Å². The van der Waals surface area contributed by atoms with Crippen molar-refractivity contribution in [2.75, 3.05) is 30.4 Å². The number of benzene rings is 12. The average Bonchev–Trinajstić information content (AvgIpc) is 1.62. The summed E-state index contributed by atoms with van der Waals surface area (Å²) in [5, 5.41) is 65.6. The van der Waals surface area contributed by atoms with Crippen LogP contribution in [0.5, 0.6) is 34.5 Å². The van der Waals surface area contributed by atoms with Gasteiger partial charge in [-0.25, -0.2) is 0 Å². The molecule has 0 saturated heterocycles. The standard InChI is InChI=1S/C21H25NO3.C20H25NO3.C19H23NO3.C18H20BrNO3.C18H20ClNO3.C18H20INO3.CH4/c1-4-21(23)22(24)19-12-17(16-6-7-16)8-9-18(19)13-25-20-10-5-14(2)11-15(20)3;1-5-16-8-9-17(18(12-16)21(23)20(22)6-2)13-24-19-10-7-14(3)11-15(19)4;1-5-19(21)20(22)17-11-14(3)6-8-16(17)12-23-18-9-7-13(2)10-15(18)4;3*1-4-18(21)20(22)16-10-15(19)7-6-14(16)11-23-17-8-5-12(2)9-13(17)3;/h5,8-12,16,24H,4,6-7,13H2,1-3H3;7-12,23H,5-6,13H2,1-4H3;6-11,22H,5,12H2,1-4H3;3*5-10,22H,4,11H2,1-3H3;1H4. The lowest BCUT2D eigenvalue weighted by Crippen LogP contribution is -2.27. The quantitative estimate of drug-likeness (QED) is 0.0130. The van der Waals surface area contributed by atoms with Crippen molar-refractivity contribution >= 4 is 120 Å². The maximum atomic E-state index is 12.0. The number of hydrogen-bond donors (Lipinski definition) is 6. The van der Waals surface area contributed by atoms with Gasteiger partial charge in [0, 0.05) is 85.0 Å². The molecule has 24 nitrogen and oxygen atoms in total. The minimum Gasteiger partial charge on any atom is -0.489 e. The molecule has 13 rings (SSSR count). The fraction of sp³-hybridized carbons (Fsp3) is 0.322. The third-order valence-electron chi connectivity index (χ3n) is 23.0. The normalized spacial score (nSPS) is 11.0. The monoisotopic (exact) mass is 2130 g/mol. The zero-order chi connectivity index (χ0) is 104. The molecule has 0 unspecified atom stereocenters. The highest BCUT2D eigenvalue weighted by Crippen LogP contribution is 2.43. The van der Waals surface area contributed by atoms with E-state index in [0.717, 1.165) is 137 Å². The molecule has 1 saturated carbocycles. The van der Waals surface area contributed by atoms with Crippen LogP contribution in [-0.4, -0.2) is 66.7 Å². The van der Waals surface area contributed by atoms with Gasteiger partial charge >= 0.3 is 0 Å². The minimum atomic E-state index is -0.403. The molecule has 0 aliphatic heterocycles. The Kier molecular flexibility index (Phi) is 46.7. The van der Waals surface area contributed by atoms with Gasteiger partial charge in [-0.2, -0.15) is 30.4 Å². The van der Waals surface area contributed by atoms with Gasteiger partial charge in [-0.3, -0.25) is 60.0 Å². The Bertz CT molecular complexity index is 5820. The van der Waals surface area contributed by atoms with Gasteiger partial charge < -0.3 is 28.4 Å². The Morgan fingerprint density at radius 1 is 0.296 bits per heavy atom. The fourth-order valence-electron chi connectivity index (χ4n) is 14.7. The zero-order valence-electron chi connectivity index (χ0n) is 84.4. The molecular formula is C115H137BrClIN6O18. The van der Waals surface area contributed by atoms with E-state index in [1.165, 1.54) is 46.2 Å². The van der Waals surface area contributed by atoms with Crippen LogP contribution in [0.3, 0.4) is 0 Å². The summed E-state index contributed by atoms with van der Waals surface area (Å²) < 4.78 is 37.0. The van der Waals surface area contributed by atoms with Crippen LogP contribution in [0.25, 0.3) is 0 Å². The first-order valence-corrected chi connectivity index (χ1v) is 49.4. The van der Waals surface area contributed by atoms with E-state index in [1.54, 1.807) is 77.9 Å². The number of aryl methyl sites for hydroxylation is 14. The van der Waals surface area contributed by atoms with Crippen molar-refractivity contribution in [1.82, 2.24) is 0 Å². The lowest BCUT2D eigenvalue weighted by Gasteiger charge is -2.20. The summed E-state index contributed by atoms with van der Waals surface area (Å²) in [6.45, 7) is 40.1.